The van der Waals surface area contributed by atoms with Crippen LogP contribution < -0.4 is 0 Å². The Bertz CT molecular complexity index is 701. The van der Waals surface area contributed by atoms with E-state index in [9.17, 15) is 4.79 Å². The molecule has 1 amide bonds. The van der Waals surface area contributed by atoms with Crippen molar-refractivity contribution in [3.63, 3.8) is 0 Å². The molecule has 0 aromatic carbocycles. The quantitative estimate of drug-likeness (QED) is 0.741. The molecular formula is C18H25N5OS. The lowest BCUT2D eigenvalue weighted by Gasteiger charge is -2.20. The summed E-state index contributed by atoms with van der Waals surface area (Å²) in [5, 5.41) is 9.65. The number of hydrogen-bond acceptors (Lipinski definition) is 5. The maximum absolute atomic E-state index is 12.3. The van der Waals surface area contributed by atoms with E-state index in [1.807, 2.05) is 27.8 Å². The predicted octanol–water partition coefficient (Wildman–Crippen LogP) is 3.31. The van der Waals surface area contributed by atoms with Gasteiger partial charge in [0.1, 0.15) is 0 Å². The van der Waals surface area contributed by atoms with Crippen LogP contribution in [-0.4, -0.2) is 42.9 Å². The van der Waals surface area contributed by atoms with Gasteiger partial charge in [0.2, 0.25) is 5.91 Å². The predicted molar refractivity (Wildman–Crippen MR) is 98.6 cm³/mol. The Labute approximate surface area is 153 Å². The van der Waals surface area contributed by atoms with Crippen molar-refractivity contribution in [2.75, 3.05) is 12.3 Å². The van der Waals surface area contributed by atoms with E-state index in [4.69, 9.17) is 0 Å². The molecule has 0 unspecified atom stereocenters. The highest BCUT2D eigenvalue weighted by Crippen LogP contribution is 2.24. The Hall–Kier alpha value is -1.89. The zero-order valence-corrected chi connectivity index (χ0v) is 15.7. The Balaban J connectivity index is 1.89. The van der Waals surface area contributed by atoms with Crippen LogP contribution in [0.1, 0.15) is 45.4 Å². The van der Waals surface area contributed by atoms with Crippen molar-refractivity contribution in [3.8, 4) is 5.69 Å². The van der Waals surface area contributed by atoms with Crippen LogP contribution in [-0.2, 0) is 11.3 Å². The number of carbonyl (C=O) groups excluding carboxylic acids is 1. The molecule has 134 valence electrons. The minimum atomic E-state index is 0.217. The van der Waals surface area contributed by atoms with Crippen LogP contribution in [0.4, 0.5) is 0 Å². The van der Waals surface area contributed by atoms with Crippen molar-refractivity contribution in [1.29, 1.82) is 0 Å². The average Bonchev–Trinajstić information content (AvgIpc) is 2.90. The zero-order valence-electron chi connectivity index (χ0n) is 14.9. The second-order valence-electron chi connectivity index (χ2n) is 6.78. The van der Waals surface area contributed by atoms with Crippen molar-refractivity contribution < 1.29 is 4.79 Å². The fourth-order valence-corrected chi connectivity index (χ4v) is 3.78. The maximum atomic E-state index is 12.3. The van der Waals surface area contributed by atoms with Gasteiger partial charge in [0.05, 0.1) is 18.4 Å². The molecule has 0 radical (unpaired) electrons. The van der Waals surface area contributed by atoms with Gasteiger partial charge in [-0.05, 0) is 30.9 Å². The summed E-state index contributed by atoms with van der Waals surface area (Å²) >= 11 is 1.70. The summed E-state index contributed by atoms with van der Waals surface area (Å²) in [6.07, 6.45) is 7.37. The van der Waals surface area contributed by atoms with E-state index in [1.54, 1.807) is 18.0 Å². The molecule has 0 saturated carbocycles. The zero-order chi connectivity index (χ0) is 17.6. The van der Waals surface area contributed by atoms with Gasteiger partial charge >= 0.3 is 0 Å². The van der Waals surface area contributed by atoms with E-state index in [0.717, 1.165) is 48.2 Å². The highest BCUT2D eigenvalue weighted by molar-refractivity contribution is 7.99. The summed E-state index contributed by atoms with van der Waals surface area (Å²) in [5.74, 6) is 2.56. The van der Waals surface area contributed by atoms with Crippen molar-refractivity contribution in [2.45, 2.75) is 51.2 Å². The molecule has 0 spiro atoms. The summed E-state index contributed by atoms with van der Waals surface area (Å²) in [4.78, 5) is 18.5. The number of rotatable bonds is 6. The normalized spacial score (nSPS) is 15.6. The molecule has 0 atom stereocenters. The van der Waals surface area contributed by atoms with Crippen LogP contribution in [0.25, 0.3) is 5.69 Å². The first-order valence-electron chi connectivity index (χ1n) is 8.90. The minimum Gasteiger partial charge on any atom is -0.335 e. The number of likely N-dealkylation sites (tertiary alicyclic amines) is 1. The van der Waals surface area contributed by atoms with Crippen LogP contribution in [0.2, 0.25) is 0 Å². The smallest absolute Gasteiger partial charge is 0.222 e. The average molecular weight is 359 g/mol. The lowest BCUT2D eigenvalue weighted by Crippen LogP contribution is -2.31. The number of carbonyl (C=O) groups is 1. The van der Waals surface area contributed by atoms with Gasteiger partial charge < -0.3 is 4.90 Å². The molecule has 7 heteroatoms. The van der Waals surface area contributed by atoms with Gasteiger partial charge in [0.25, 0.3) is 0 Å². The largest absolute Gasteiger partial charge is 0.335 e. The molecule has 1 aliphatic rings. The first-order chi connectivity index (χ1) is 12.1. The number of aromatic nitrogens is 4. The molecule has 25 heavy (non-hydrogen) atoms. The maximum Gasteiger partial charge on any atom is 0.222 e. The molecule has 0 N–H and O–H groups in total. The SMILES string of the molecule is CC(C)CSc1nnc(CN2CCCCCC2=O)n1-c1cccnc1. The fraction of sp³-hybridized carbons (Fsp3) is 0.556. The number of nitrogens with zero attached hydrogens (tertiary/aromatic N) is 5. The molecular weight excluding hydrogens is 334 g/mol. The fourth-order valence-electron chi connectivity index (χ4n) is 2.86. The van der Waals surface area contributed by atoms with E-state index in [-0.39, 0.29) is 5.91 Å². The van der Waals surface area contributed by atoms with Crippen LogP contribution >= 0.6 is 11.8 Å². The standard InChI is InChI=1S/C18H25N5OS/c1-14(2)13-25-18-21-20-16(23(18)15-7-6-9-19-11-15)12-22-10-5-3-4-8-17(22)24/h6-7,9,11,14H,3-5,8,10,12-13H2,1-2H3. The van der Waals surface area contributed by atoms with Gasteiger partial charge in [0.15, 0.2) is 11.0 Å². The first kappa shape index (κ1) is 17.9. The molecule has 1 saturated heterocycles. The van der Waals surface area contributed by atoms with Gasteiger partial charge in [-0.25, -0.2) is 0 Å². The van der Waals surface area contributed by atoms with Gasteiger partial charge in [0, 0.05) is 24.9 Å². The third-order valence-electron chi connectivity index (χ3n) is 4.15. The Morgan fingerprint density at radius 1 is 1.24 bits per heavy atom. The third-order valence-corrected chi connectivity index (χ3v) is 5.51. The minimum absolute atomic E-state index is 0.217. The summed E-state index contributed by atoms with van der Waals surface area (Å²) in [7, 11) is 0. The van der Waals surface area contributed by atoms with E-state index in [0.29, 0.717) is 18.9 Å². The molecule has 3 heterocycles. The Morgan fingerprint density at radius 3 is 2.88 bits per heavy atom. The lowest BCUT2D eigenvalue weighted by molar-refractivity contribution is -0.131. The van der Waals surface area contributed by atoms with Gasteiger partial charge in [-0.15, -0.1) is 10.2 Å². The molecule has 2 aromatic heterocycles. The van der Waals surface area contributed by atoms with Crippen LogP contribution in [0.3, 0.4) is 0 Å². The third kappa shape index (κ3) is 4.60. The highest BCUT2D eigenvalue weighted by Gasteiger charge is 2.22. The van der Waals surface area contributed by atoms with Crippen LogP contribution in [0.5, 0.6) is 0 Å². The van der Waals surface area contributed by atoms with E-state index < -0.39 is 0 Å². The van der Waals surface area contributed by atoms with Crippen LogP contribution in [0.15, 0.2) is 29.7 Å². The number of hydrogen-bond donors (Lipinski definition) is 0. The van der Waals surface area contributed by atoms with Crippen molar-refractivity contribution >= 4 is 17.7 Å². The first-order valence-corrected chi connectivity index (χ1v) is 9.89. The molecule has 1 aliphatic heterocycles. The molecule has 0 bridgehead atoms. The number of thioether (sulfide) groups is 1. The number of pyridine rings is 1. The topological polar surface area (TPSA) is 63.9 Å². The van der Waals surface area contributed by atoms with Gasteiger partial charge in [-0.1, -0.05) is 32.0 Å². The summed E-state index contributed by atoms with van der Waals surface area (Å²) < 4.78 is 2.04. The lowest BCUT2D eigenvalue weighted by atomic mass is 10.2. The molecule has 3 rings (SSSR count). The molecule has 1 fully saturated rings. The van der Waals surface area contributed by atoms with Crippen molar-refractivity contribution in [3.05, 3.63) is 30.4 Å². The summed E-state index contributed by atoms with van der Waals surface area (Å²) in [6, 6.07) is 3.91. The second-order valence-corrected chi connectivity index (χ2v) is 7.76. The van der Waals surface area contributed by atoms with E-state index in [2.05, 4.69) is 29.0 Å². The van der Waals surface area contributed by atoms with Crippen LogP contribution in [0, 0.1) is 5.92 Å². The molecule has 6 nitrogen and oxygen atoms in total. The van der Waals surface area contributed by atoms with E-state index >= 15 is 0 Å². The Morgan fingerprint density at radius 2 is 2.12 bits per heavy atom. The molecule has 0 aliphatic carbocycles. The monoisotopic (exact) mass is 359 g/mol. The van der Waals surface area contributed by atoms with E-state index in [1.165, 1.54) is 0 Å². The van der Waals surface area contributed by atoms with Crippen molar-refractivity contribution in [1.82, 2.24) is 24.6 Å². The van der Waals surface area contributed by atoms with Gasteiger partial charge in [-0.2, -0.15) is 0 Å². The summed E-state index contributed by atoms with van der Waals surface area (Å²) in [5.41, 5.74) is 0.941. The van der Waals surface area contributed by atoms with Crippen molar-refractivity contribution in [2.24, 2.45) is 5.92 Å². The summed E-state index contributed by atoms with van der Waals surface area (Å²) in [6.45, 7) is 5.68. The second kappa shape index (κ2) is 8.47. The number of amides is 1. The van der Waals surface area contributed by atoms with Gasteiger partial charge in [-0.3, -0.25) is 14.3 Å². The Kier molecular flexibility index (Phi) is 6.07. The molecule has 2 aromatic rings. The highest BCUT2D eigenvalue weighted by atomic mass is 32.2.